The van der Waals surface area contributed by atoms with Gasteiger partial charge in [-0.25, -0.2) is 10.1 Å². The number of hydrogen-bond donors (Lipinski definition) is 1. The van der Waals surface area contributed by atoms with Crippen LogP contribution < -0.4 is 5.14 Å². The number of carbonyl (C=O) groups is 1. The summed E-state index contributed by atoms with van der Waals surface area (Å²) in [6.07, 6.45) is 0.596. The van der Waals surface area contributed by atoms with E-state index in [1.165, 1.54) is 4.31 Å². The lowest BCUT2D eigenvalue weighted by Gasteiger charge is -2.32. The van der Waals surface area contributed by atoms with E-state index in [9.17, 15) is 13.2 Å². The minimum atomic E-state index is -3.71. The highest BCUT2D eigenvalue weighted by atomic mass is 32.2. The highest BCUT2D eigenvalue weighted by molar-refractivity contribution is 7.86. The van der Waals surface area contributed by atoms with Gasteiger partial charge in [0.2, 0.25) is 5.91 Å². The highest BCUT2D eigenvalue weighted by Crippen LogP contribution is 2.32. The number of carbonyl (C=O) groups excluding carboxylic acids is 1. The summed E-state index contributed by atoms with van der Waals surface area (Å²) in [5.74, 6) is 1.11. The Labute approximate surface area is 181 Å². The standard InChI is InChI=1S/C22H24N4O4S/c23-31(28,29)26-15-13-25(14-16-26)20(27)12-11-19-24-21(17-7-3-1-4-8-17)22(30-19)18-9-5-2-6-10-18/h1-10H,11-16H2,(H2,23,28,29). The van der Waals surface area contributed by atoms with Crippen LogP contribution in [-0.2, 0) is 21.4 Å². The summed E-state index contributed by atoms with van der Waals surface area (Å²) < 4.78 is 30.1. The van der Waals surface area contributed by atoms with Crippen molar-refractivity contribution in [2.24, 2.45) is 5.14 Å². The second-order valence-corrected chi connectivity index (χ2v) is 8.89. The normalized spacial score (nSPS) is 15.2. The van der Waals surface area contributed by atoms with E-state index < -0.39 is 10.2 Å². The van der Waals surface area contributed by atoms with E-state index in [-0.39, 0.29) is 25.4 Å². The molecule has 2 heterocycles. The Morgan fingerprint density at radius 1 is 0.935 bits per heavy atom. The maximum Gasteiger partial charge on any atom is 0.277 e. The Kier molecular flexibility index (Phi) is 6.17. The quantitative estimate of drug-likeness (QED) is 0.632. The van der Waals surface area contributed by atoms with Crippen LogP contribution in [-0.4, -0.2) is 54.7 Å². The fourth-order valence-corrected chi connectivity index (χ4v) is 4.28. The fraction of sp³-hybridized carbons (Fsp3) is 0.273. The van der Waals surface area contributed by atoms with Crippen LogP contribution >= 0.6 is 0 Å². The maximum absolute atomic E-state index is 12.6. The first-order valence-corrected chi connectivity index (χ1v) is 11.6. The van der Waals surface area contributed by atoms with E-state index in [4.69, 9.17) is 9.56 Å². The summed E-state index contributed by atoms with van der Waals surface area (Å²) in [5.41, 5.74) is 2.61. The summed E-state index contributed by atoms with van der Waals surface area (Å²) in [6, 6.07) is 19.5. The van der Waals surface area contributed by atoms with Gasteiger partial charge in [-0.15, -0.1) is 0 Å². The van der Waals surface area contributed by atoms with Crippen LogP contribution in [0, 0.1) is 0 Å². The van der Waals surface area contributed by atoms with E-state index >= 15 is 0 Å². The Bertz CT molecular complexity index is 1080. The SMILES string of the molecule is NS(=O)(=O)N1CCN(C(=O)CCc2nc(-c3ccccc3)c(-c3ccccc3)o2)CC1. The fourth-order valence-electron chi connectivity index (χ4n) is 3.61. The molecule has 0 atom stereocenters. The Morgan fingerprint density at radius 3 is 2.10 bits per heavy atom. The van der Waals surface area contributed by atoms with Gasteiger partial charge in [0.1, 0.15) is 5.69 Å². The number of aryl methyl sites for hydroxylation is 1. The molecule has 162 valence electrons. The van der Waals surface area contributed by atoms with Gasteiger partial charge in [-0.05, 0) is 0 Å². The van der Waals surface area contributed by atoms with Gasteiger partial charge in [0, 0.05) is 50.1 Å². The molecule has 1 aliphatic heterocycles. The predicted octanol–water partition coefficient (Wildman–Crippen LogP) is 2.29. The second-order valence-electron chi connectivity index (χ2n) is 7.34. The Balaban J connectivity index is 1.47. The zero-order chi connectivity index (χ0) is 21.8. The molecule has 1 fully saturated rings. The first-order chi connectivity index (χ1) is 14.9. The number of piperazine rings is 1. The molecular formula is C22H24N4O4S. The van der Waals surface area contributed by atoms with Crippen molar-refractivity contribution in [3.63, 3.8) is 0 Å². The molecule has 2 N–H and O–H groups in total. The molecule has 0 aliphatic carbocycles. The summed E-state index contributed by atoms with van der Waals surface area (Å²) in [4.78, 5) is 18.9. The summed E-state index contributed by atoms with van der Waals surface area (Å²) in [6.45, 7) is 1.07. The Morgan fingerprint density at radius 2 is 1.52 bits per heavy atom. The molecule has 0 unspecified atom stereocenters. The average molecular weight is 441 g/mol. The molecule has 0 spiro atoms. The number of hydrogen-bond acceptors (Lipinski definition) is 5. The van der Waals surface area contributed by atoms with Crippen LogP contribution in [0.3, 0.4) is 0 Å². The lowest BCUT2D eigenvalue weighted by Crippen LogP contribution is -2.52. The molecule has 31 heavy (non-hydrogen) atoms. The van der Waals surface area contributed by atoms with Crippen LogP contribution in [0.1, 0.15) is 12.3 Å². The van der Waals surface area contributed by atoms with E-state index in [1.807, 2.05) is 60.7 Å². The zero-order valence-electron chi connectivity index (χ0n) is 17.0. The minimum Gasteiger partial charge on any atom is -0.440 e. The highest BCUT2D eigenvalue weighted by Gasteiger charge is 2.26. The van der Waals surface area contributed by atoms with Crippen LogP contribution in [0.15, 0.2) is 65.1 Å². The van der Waals surface area contributed by atoms with Crippen molar-refractivity contribution in [3.8, 4) is 22.6 Å². The number of rotatable bonds is 6. The number of oxazole rings is 1. The van der Waals surface area contributed by atoms with Crippen LogP contribution in [0.5, 0.6) is 0 Å². The number of nitrogens with two attached hydrogens (primary N) is 1. The van der Waals surface area contributed by atoms with Gasteiger partial charge in [-0.2, -0.15) is 12.7 Å². The molecule has 1 aromatic heterocycles. The van der Waals surface area contributed by atoms with E-state index in [2.05, 4.69) is 4.98 Å². The molecule has 0 radical (unpaired) electrons. The van der Waals surface area contributed by atoms with Crippen molar-refractivity contribution < 1.29 is 17.6 Å². The first-order valence-electron chi connectivity index (χ1n) is 10.1. The van der Waals surface area contributed by atoms with Crippen LogP contribution in [0.25, 0.3) is 22.6 Å². The third kappa shape index (κ3) is 5.01. The molecule has 4 rings (SSSR count). The number of benzene rings is 2. The van der Waals surface area contributed by atoms with Crippen molar-refractivity contribution in [3.05, 3.63) is 66.6 Å². The number of aromatic nitrogens is 1. The molecular weight excluding hydrogens is 416 g/mol. The minimum absolute atomic E-state index is 0.0604. The van der Waals surface area contributed by atoms with Crippen LogP contribution in [0.4, 0.5) is 0 Å². The molecule has 8 nitrogen and oxygen atoms in total. The third-order valence-electron chi connectivity index (χ3n) is 5.26. The smallest absolute Gasteiger partial charge is 0.277 e. The van der Waals surface area contributed by atoms with Crippen molar-refractivity contribution in [2.75, 3.05) is 26.2 Å². The zero-order valence-corrected chi connectivity index (χ0v) is 17.8. The van der Waals surface area contributed by atoms with Crippen molar-refractivity contribution >= 4 is 16.1 Å². The molecule has 2 aromatic carbocycles. The van der Waals surface area contributed by atoms with Crippen LogP contribution in [0.2, 0.25) is 0 Å². The van der Waals surface area contributed by atoms with Gasteiger partial charge in [-0.3, -0.25) is 4.79 Å². The summed E-state index contributed by atoms with van der Waals surface area (Å²) >= 11 is 0. The monoisotopic (exact) mass is 440 g/mol. The lowest BCUT2D eigenvalue weighted by atomic mass is 10.1. The number of amides is 1. The maximum atomic E-state index is 12.6. The largest absolute Gasteiger partial charge is 0.440 e. The third-order valence-corrected chi connectivity index (χ3v) is 6.34. The lowest BCUT2D eigenvalue weighted by molar-refractivity contribution is -0.132. The van der Waals surface area contributed by atoms with E-state index in [0.717, 1.165) is 16.8 Å². The average Bonchev–Trinajstić information content (AvgIpc) is 3.22. The molecule has 0 bridgehead atoms. The predicted molar refractivity (Wildman–Crippen MR) is 117 cm³/mol. The van der Waals surface area contributed by atoms with Gasteiger partial charge >= 0.3 is 0 Å². The van der Waals surface area contributed by atoms with Gasteiger partial charge < -0.3 is 9.32 Å². The van der Waals surface area contributed by atoms with E-state index in [0.29, 0.717) is 31.2 Å². The first kappa shape index (κ1) is 21.2. The molecule has 1 aliphatic rings. The topological polar surface area (TPSA) is 110 Å². The van der Waals surface area contributed by atoms with Crippen molar-refractivity contribution in [2.45, 2.75) is 12.8 Å². The molecule has 3 aromatic rings. The van der Waals surface area contributed by atoms with E-state index in [1.54, 1.807) is 4.90 Å². The molecule has 9 heteroatoms. The Hall–Kier alpha value is -3.01. The second kappa shape index (κ2) is 9.01. The molecule has 1 amide bonds. The molecule has 1 saturated heterocycles. The summed E-state index contributed by atoms with van der Waals surface area (Å²) in [7, 11) is -3.71. The number of nitrogens with zero attached hydrogens (tertiary/aromatic N) is 3. The van der Waals surface area contributed by atoms with Crippen molar-refractivity contribution in [1.82, 2.24) is 14.2 Å². The molecule has 0 saturated carbocycles. The summed E-state index contributed by atoms with van der Waals surface area (Å²) in [5, 5.41) is 5.15. The van der Waals surface area contributed by atoms with Gasteiger partial charge in [0.05, 0.1) is 0 Å². The van der Waals surface area contributed by atoms with Gasteiger partial charge in [-0.1, -0.05) is 60.7 Å². The van der Waals surface area contributed by atoms with Gasteiger partial charge in [0.15, 0.2) is 11.7 Å². The van der Waals surface area contributed by atoms with Crippen molar-refractivity contribution in [1.29, 1.82) is 0 Å². The van der Waals surface area contributed by atoms with Gasteiger partial charge in [0.25, 0.3) is 10.2 Å².